The molecular formula is C20H22N3O4+. The van der Waals surface area contributed by atoms with Gasteiger partial charge in [0.15, 0.2) is 12.2 Å². The van der Waals surface area contributed by atoms with Crippen molar-refractivity contribution >= 4 is 17.0 Å². The van der Waals surface area contributed by atoms with Gasteiger partial charge in [0.1, 0.15) is 30.9 Å². The Morgan fingerprint density at radius 3 is 2.78 bits per heavy atom. The van der Waals surface area contributed by atoms with Crippen molar-refractivity contribution in [2.75, 3.05) is 32.9 Å². The minimum Gasteiger partial charge on any atom is -0.483 e. The number of ether oxygens (including phenoxy) is 2. The van der Waals surface area contributed by atoms with Gasteiger partial charge in [0.25, 0.3) is 5.91 Å². The molecule has 7 heteroatoms. The first-order valence-corrected chi connectivity index (χ1v) is 9.00. The number of carbonyl (C=O) groups excluding carboxylic acids is 1. The van der Waals surface area contributed by atoms with Crippen LogP contribution in [0, 0.1) is 0 Å². The number of nitrogens with two attached hydrogens (primary N) is 1. The van der Waals surface area contributed by atoms with Crippen molar-refractivity contribution in [3.63, 3.8) is 0 Å². The zero-order valence-corrected chi connectivity index (χ0v) is 14.9. The highest BCUT2D eigenvalue weighted by Crippen LogP contribution is 2.28. The van der Waals surface area contributed by atoms with Crippen molar-refractivity contribution in [2.24, 2.45) is 5.73 Å². The second kappa shape index (κ2) is 7.77. The molecule has 3 N–H and O–H groups in total. The molecule has 0 saturated carbocycles. The smallest absolute Gasteiger partial charge is 0.255 e. The molecule has 0 spiro atoms. The molecule has 1 aromatic heterocycles. The standard InChI is InChI=1S/C20H21N3O4/c21-19(24)13-26-17-6-5-14(11-15(17)12-23-7-9-25-10-8-23)20-22-16-3-1-2-4-18(16)27-20/h1-6,11H,7-10,12-13H2,(H2,21,24)/p+1. The molecule has 0 aliphatic carbocycles. The second-order valence-electron chi connectivity index (χ2n) is 6.60. The largest absolute Gasteiger partial charge is 0.483 e. The van der Waals surface area contributed by atoms with Crippen LogP contribution in [0.4, 0.5) is 0 Å². The topological polar surface area (TPSA) is 92.0 Å². The van der Waals surface area contributed by atoms with E-state index in [1.54, 1.807) is 0 Å². The number of hydrogen-bond donors (Lipinski definition) is 2. The number of amides is 1. The molecule has 2 heterocycles. The zero-order chi connectivity index (χ0) is 18.6. The molecule has 140 valence electrons. The van der Waals surface area contributed by atoms with Gasteiger partial charge in [-0.25, -0.2) is 4.98 Å². The van der Waals surface area contributed by atoms with Gasteiger partial charge < -0.3 is 24.5 Å². The Hall–Kier alpha value is -2.90. The van der Waals surface area contributed by atoms with Crippen molar-refractivity contribution in [1.29, 1.82) is 0 Å². The molecule has 4 rings (SSSR count). The number of rotatable bonds is 6. The number of primary amides is 1. The molecule has 27 heavy (non-hydrogen) atoms. The molecule has 0 unspecified atom stereocenters. The van der Waals surface area contributed by atoms with Gasteiger partial charge in [-0.2, -0.15) is 0 Å². The summed E-state index contributed by atoms with van der Waals surface area (Å²) in [6, 6.07) is 13.4. The van der Waals surface area contributed by atoms with Crippen molar-refractivity contribution < 1.29 is 23.6 Å². The van der Waals surface area contributed by atoms with Crippen molar-refractivity contribution in [1.82, 2.24) is 4.98 Å². The highest BCUT2D eigenvalue weighted by atomic mass is 16.5. The Morgan fingerprint density at radius 1 is 1.19 bits per heavy atom. The van der Waals surface area contributed by atoms with E-state index in [2.05, 4.69) is 4.98 Å². The normalized spacial score (nSPS) is 15.1. The predicted molar refractivity (Wildman–Crippen MR) is 99.4 cm³/mol. The first kappa shape index (κ1) is 17.5. The molecule has 1 fully saturated rings. The van der Waals surface area contributed by atoms with Gasteiger partial charge in [-0.05, 0) is 30.3 Å². The zero-order valence-electron chi connectivity index (χ0n) is 14.9. The number of benzene rings is 2. The lowest BCUT2D eigenvalue weighted by Gasteiger charge is -2.24. The van der Waals surface area contributed by atoms with E-state index < -0.39 is 5.91 Å². The number of oxazole rings is 1. The highest BCUT2D eigenvalue weighted by Gasteiger charge is 2.19. The number of nitrogens with zero attached hydrogens (tertiary/aromatic N) is 1. The third-order valence-corrected chi connectivity index (χ3v) is 4.61. The number of aromatic nitrogens is 1. The number of fused-ring (bicyclic) bond motifs is 1. The SMILES string of the molecule is NC(=O)COc1ccc(-c2nc3ccccc3o2)cc1C[NH+]1CCOCC1. The number of para-hydroxylation sites is 2. The third kappa shape index (κ3) is 4.10. The fourth-order valence-electron chi connectivity index (χ4n) is 3.24. The molecule has 1 amide bonds. The molecule has 7 nitrogen and oxygen atoms in total. The Labute approximate surface area is 156 Å². The van der Waals surface area contributed by atoms with E-state index in [0.29, 0.717) is 11.6 Å². The van der Waals surface area contributed by atoms with Crippen LogP contribution in [-0.4, -0.2) is 43.8 Å². The van der Waals surface area contributed by atoms with Crippen LogP contribution in [0.3, 0.4) is 0 Å². The lowest BCUT2D eigenvalue weighted by molar-refractivity contribution is -0.921. The van der Waals surface area contributed by atoms with E-state index in [1.165, 1.54) is 4.90 Å². The Morgan fingerprint density at radius 2 is 2.00 bits per heavy atom. The van der Waals surface area contributed by atoms with Crippen LogP contribution in [0.5, 0.6) is 5.75 Å². The van der Waals surface area contributed by atoms with Gasteiger partial charge >= 0.3 is 0 Å². The number of nitrogens with one attached hydrogen (secondary N) is 1. The molecule has 1 saturated heterocycles. The summed E-state index contributed by atoms with van der Waals surface area (Å²) in [5.74, 6) is 0.728. The van der Waals surface area contributed by atoms with Crippen LogP contribution < -0.4 is 15.4 Å². The average Bonchev–Trinajstić information content (AvgIpc) is 3.12. The summed E-state index contributed by atoms with van der Waals surface area (Å²) in [6.07, 6.45) is 0. The molecule has 0 atom stereocenters. The summed E-state index contributed by atoms with van der Waals surface area (Å²) >= 11 is 0. The van der Waals surface area contributed by atoms with E-state index in [9.17, 15) is 4.79 Å². The molecule has 3 aromatic rings. The van der Waals surface area contributed by atoms with E-state index in [4.69, 9.17) is 19.6 Å². The van der Waals surface area contributed by atoms with Crippen LogP contribution in [0.1, 0.15) is 5.56 Å². The maximum atomic E-state index is 11.1. The van der Waals surface area contributed by atoms with E-state index in [0.717, 1.165) is 55.1 Å². The first-order valence-electron chi connectivity index (χ1n) is 9.00. The Balaban J connectivity index is 1.65. The Kier molecular flexibility index (Phi) is 5.04. The van der Waals surface area contributed by atoms with Crippen LogP contribution in [0.2, 0.25) is 0 Å². The summed E-state index contributed by atoms with van der Waals surface area (Å²) < 4.78 is 16.9. The fraction of sp³-hybridized carbons (Fsp3) is 0.300. The van der Waals surface area contributed by atoms with Crippen LogP contribution in [-0.2, 0) is 16.1 Å². The van der Waals surface area contributed by atoms with E-state index in [-0.39, 0.29) is 6.61 Å². The number of carbonyl (C=O) groups is 1. The summed E-state index contributed by atoms with van der Waals surface area (Å²) in [6.45, 7) is 3.99. The maximum Gasteiger partial charge on any atom is 0.255 e. The third-order valence-electron chi connectivity index (χ3n) is 4.61. The second-order valence-corrected chi connectivity index (χ2v) is 6.60. The van der Waals surface area contributed by atoms with Gasteiger partial charge in [-0.1, -0.05) is 12.1 Å². The average molecular weight is 368 g/mol. The fourth-order valence-corrected chi connectivity index (χ4v) is 3.24. The lowest BCUT2D eigenvalue weighted by Crippen LogP contribution is -3.12. The number of morpholine rings is 1. The van der Waals surface area contributed by atoms with Gasteiger partial charge in [-0.3, -0.25) is 4.79 Å². The predicted octanol–water partition coefficient (Wildman–Crippen LogP) is 0.774. The highest BCUT2D eigenvalue weighted by molar-refractivity contribution is 5.76. The lowest BCUT2D eigenvalue weighted by atomic mass is 10.1. The van der Waals surface area contributed by atoms with Gasteiger partial charge in [0, 0.05) is 11.1 Å². The minimum atomic E-state index is -0.498. The van der Waals surface area contributed by atoms with E-state index in [1.807, 2.05) is 42.5 Å². The molecule has 0 radical (unpaired) electrons. The summed E-state index contributed by atoms with van der Waals surface area (Å²) in [4.78, 5) is 17.1. The first-order chi connectivity index (χ1) is 13.2. The summed E-state index contributed by atoms with van der Waals surface area (Å²) in [7, 11) is 0. The van der Waals surface area contributed by atoms with Crippen molar-refractivity contribution in [2.45, 2.75) is 6.54 Å². The van der Waals surface area contributed by atoms with Gasteiger partial charge in [-0.15, -0.1) is 0 Å². The van der Waals surface area contributed by atoms with Crippen molar-refractivity contribution in [3.8, 4) is 17.2 Å². The summed E-state index contributed by atoms with van der Waals surface area (Å²) in [5.41, 5.74) is 8.67. The number of hydrogen-bond acceptors (Lipinski definition) is 5. The Bertz CT molecular complexity index is 914. The number of quaternary nitrogens is 1. The molecule has 1 aliphatic rings. The van der Waals surface area contributed by atoms with Gasteiger partial charge in [0.05, 0.1) is 13.2 Å². The molecule has 0 bridgehead atoms. The van der Waals surface area contributed by atoms with E-state index >= 15 is 0 Å². The minimum absolute atomic E-state index is 0.145. The summed E-state index contributed by atoms with van der Waals surface area (Å²) in [5, 5.41) is 0. The monoisotopic (exact) mass is 368 g/mol. The van der Waals surface area contributed by atoms with Crippen LogP contribution in [0.15, 0.2) is 46.9 Å². The van der Waals surface area contributed by atoms with Gasteiger partial charge in [0.2, 0.25) is 5.89 Å². The van der Waals surface area contributed by atoms with Crippen molar-refractivity contribution in [3.05, 3.63) is 48.0 Å². The van der Waals surface area contributed by atoms with Crippen LogP contribution in [0.25, 0.3) is 22.6 Å². The van der Waals surface area contributed by atoms with Crippen LogP contribution >= 0.6 is 0 Å². The molecule has 2 aromatic carbocycles. The molecular weight excluding hydrogens is 346 g/mol. The maximum absolute atomic E-state index is 11.1. The molecule has 1 aliphatic heterocycles. The quantitative estimate of drug-likeness (QED) is 0.671.